The number of nitrogens with one attached hydrogen (secondary N) is 1. The molecule has 0 bridgehead atoms. The van der Waals surface area contributed by atoms with Gasteiger partial charge in [-0.3, -0.25) is 4.79 Å². The Kier molecular flexibility index (Phi) is 3.77. The Balaban J connectivity index is 2.28. The molecule has 0 aromatic heterocycles. The minimum atomic E-state index is -3.82. The molecule has 1 aromatic rings. The van der Waals surface area contributed by atoms with Crippen molar-refractivity contribution in [3.05, 3.63) is 23.8 Å². The summed E-state index contributed by atoms with van der Waals surface area (Å²) in [6, 6.07) is 3.39. The van der Waals surface area contributed by atoms with Gasteiger partial charge in [-0.15, -0.1) is 0 Å². The topological polar surface area (TPSA) is 92.7 Å². The monoisotopic (exact) mass is 285 g/mol. The predicted octanol–water partition coefficient (Wildman–Crippen LogP) is 0.763. The van der Waals surface area contributed by atoms with Crippen molar-refractivity contribution in [2.75, 3.05) is 6.61 Å². The Morgan fingerprint density at radius 1 is 1.47 bits per heavy atom. The number of aryl methyl sites for hydroxylation is 1. The molecule has 0 spiro atoms. The summed E-state index contributed by atoms with van der Waals surface area (Å²) in [7, 11) is -3.82. The van der Waals surface area contributed by atoms with Crippen LogP contribution in [0.3, 0.4) is 0 Å². The van der Waals surface area contributed by atoms with Gasteiger partial charge in [-0.2, -0.15) is 4.72 Å². The third-order valence-electron chi connectivity index (χ3n) is 2.89. The lowest BCUT2D eigenvalue weighted by Gasteiger charge is -2.18. The first kappa shape index (κ1) is 13.8. The Bertz CT molecular complexity index is 596. The highest BCUT2D eigenvalue weighted by molar-refractivity contribution is 7.89. The highest BCUT2D eigenvalue weighted by Gasteiger charge is 2.23. The molecule has 1 aromatic carbocycles. The first-order valence-electron chi connectivity index (χ1n) is 5.91. The smallest absolute Gasteiger partial charge is 0.321 e. The number of hydrogen-bond acceptors (Lipinski definition) is 4. The van der Waals surface area contributed by atoms with Crippen molar-refractivity contribution in [1.82, 2.24) is 4.72 Å². The molecule has 0 saturated heterocycles. The zero-order valence-electron chi connectivity index (χ0n) is 10.4. The number of aliphatic carboxylic acids is 1. The zero-order valence-corrected chi connectivity index (χ0v) is 11.2. The fraction of sp³-hybridized carbons (Fsp3) is 0.417. The number of ether oxygens (including phenoxy) is 1. The summed E-state index contributed by atoms with van der Waals surface area (Å²) in [5, 5.41) is 8.74. The molecule has 2 rings (SSSR count). The van der Waals surface area contributed by atoms with Crippen LogP contribution in [0.15, 0.2) is 23.1 Å². The van der Waals surface area contributed by atoms with Gasteiger partial charge in [0.2, 0.25) is 10.0 Å². The van der Waals surface area contributed by atoms with E-state index >= 15 is 0 Å². The standard InChI is InChI=1S/C12H15NO5S/c1-8(12(14)15)13-19(16,17)10-4-5-11-9(7-10)3-2-6-18-11/h4-5,7-8,13H,2-3,6H2,1H3,(H,14,15)/t8-/m1/s1. The lowest BCUT2D eigenvalue weighted by Crippen LogP contribution is -2.38. The summed E-state index contributed by atoms with van der Waals surface area (Å²) < 4.78 is 31.5. The molecule has 1 atom stereocenters. The van der Waals surface area contributed by atoms with Crippen molar-refractivity contribution in [2.24, 2.45) is 0 Å². The van der Waals surface area contributed by atoms with E-state index in [1.54, 1.807) is 6.07 Å². The first-order chi connectivity index (χ1) is 8.90. The van der Waals surface area contributed by atoms with E-state index in [0.29, 0.717) is 12.4 Å². The molecule has 104 valence electrons. The number of carboxylic acid groups (broad SMARTS) is 1. The number of benzene rings is 1. The summed E-state index contributed by atoms with van der Waals surface area (Å²) in [4.78, 5) is 10.8. The van der Waals surface area contributed by atoms with Crippen LogP contribution >= 0.6 is 0 Å². The van der Waals surface area contributed by atoms with Crippen molar-refractivity contribution in [2.45, 2.75) is 30.7 Å². The van der Waals surface area contributed by atoms with Crippen LogP contribution < -0.4 is 9.46 Å². The molecule has 0 aliphatic carbocycles. The predicted molar refractivity (Wildman–Crippen MR) is 67.7 cm³/mol. The van der Waals surface area contributed by atoms with Crippen molar-refractivity contribution in [3.8, 4) is 5.75 Å². The van der Waals surface area contributed by atoms with Gasteiger partial charge in [0, 0.05) is 0 Å². The molecule has 1 aliphatic rings. The maximum absolute atomic E-state index is 12.0. The summed E-state index contributed by atoms with van der Waals surface area (Å²) in [6.45, 7) is 1.91. The number of rotatable bonds is 4. The van der Waals surface area contributed by atoms with Gasteiger partial charge in [0.05, 0.1) is 11.5 Å². The Morgan fingerprint density at radius 2 is 2.21 bits per heavy atom. The van der Waals surface area contributed by atoms with Crippen LogP contribution in [0.4, 0.5) is 0 Å². The molecule has 6 nitrogen and oxygen atoms in total. The quantitative estimate of drug-likeness (QED) is 0.852. The van der Waals surface area contributed by atoms with E-state index in [1.165, 1.54) is 19.1 Å². The van der Waals surface area contributed by atoms with Gasteiger partial charge in [0.25, 0.3) is 0 Å². The number of sulfonamides is 1. The third kappa shape index (κ3) is 3.05. The van der Waals surface area contributed by atoms with E-state index in [4.69, 9.17) is 9.84 Å². The summed E-state index contributed by atoms with van der Waals surface area (Å²) in [5.74, 6) is -0.527. The van der Waals surface area contributed by atoms with Crippen molar-refractivity contribution < 1.29 is 23.1 Å². The van der Waals surface area contributed by atoms with Gasteiger partial charge in [-0.25, -0.2) is 8.42 Å². The molecule has 0 fully saturated rings. The molecule has 0 radical (unpaired) electrons. The number of fused-ring (bicyclic) bond motifs is 1. The van der Waals surface area contributed by atoms with Gasteiger partial charge >= 0.3 is 5.97 Å². The van der Waals surface area contributed by atoms with E-state index in [1.807, 2.05) is 0 Å². The molecular weight excluding hydrogens is 270 g/mol. The number of carbonyl (C=O) groups is 1. The van der Waals surface area contributed by atoms with E-state index < -0.39 is 22.0 Å². The third-order valence-corrected chi connectivity index (χ3v) is 4.43. The van der Waals surface area contributed by atoms with Gasteiger partial charge in [0.15, 0.2) is 0 Å². The SMILES string of the molecule is C[C@@H](NS(=O)(=O)c1ccc2c(c1)CCCO2)C(=O)O. The molecule has 7 heteroatoms. The number of hydrogen-bond donors (Lipinski definition) is 2. The second kappa shape index (κ2) is 5.18. The second-order valence-corrected chi connectivity index (χ2v) is 6.12. The van der Waals surface area contributed by atoms with Crippen LogP contribution in [0.1, 0.15) is 18.9 Å². The van der Waals surface area contributed by atoms with Crippen molar-refractivity contribution >= 4 is 16.0 Å². The van der Waals surface area contributed by atoms with Crippen LogP contribution in [0.25, 0.3) is 0 Å². The Morgan fingerprint density at radius 3 is 2.89 bits per heavy atom. The largest absolute Gasteiger partial charge is 0.493 e. The molecule has 0 saturated carbocycles. The van der Waals surface area contributed by atoms with Crippen LogP contribution in [0.5, 0.6) is 5.75 Å². The molecule has 1 heterocycles. The summed E-state index contributed by atoms with van der Waals surface area (Å²) in [6.07, 6.45) is 1.60. The molecular formula is C12H15NO5S. The maximum atomic E-state index is 12.0. The number of carboxylic acids is 1. The van der Waals surface area contributed by atoms with E-state index in [-0.39, 0.29) is 4.90 Å². The van der Waals surface area contributed by atoms with Gasteiger partial charge < -0.3 is 9.84 Å². The van der Waals surface area contributed by atoms with E-state index in [0.717, 1.165) is 18.4 Å². The lowest BCUT2D eigenvalue weighted by atomic mass is 10.1. The lowest BCUT2D eigenvalue weighted by molar-refractivity contribution is -0.138. The molecule has 0 unspecified atom stereocenters. The van der Waals surface area contributed by atoms with Crippen molar-refractivity contribution in [1.29, 1.82) is 0 Å². The van der Waals surface area contributed by atoms with Gasteiger partial charge in [0.1, 0.15) is 11.8 Å². The van der Waals surface area contributed by atoms with Crippen LogP contribution in [-0.2, 0) is 21.2 Å². The fourth-order valence-electron chi connectivity index (χ4n) is 1.86. The average molecular weight is 285 g/mol. The van der Waals surface area contributed by atoms with Crippen molar-refractivity contribution in [3.63, 3.8) is 0 Å². The summed E-state index contributed by atoms with van der Waals surface area (Å²) in [5.41, 5.74) is 0.831. The molecule has 19 heavy (non-hydrogen) atoms. The minimum Gasteiger partial charge on any atom is -0.493 e. The Labute approximate surface area is 111 Å². The fourth-order valence-corrected chi connectivity index (χ4v) is 3.10. The van der Waals surface area contributed by atoms with E-state index in [2.05, 4.69) is 4.72 Å². The van der Waals surface area contributed by atoms with Gasteiger partial charge in [-0.1, -0.05) is 0 Å². The summed E-state index contributed by atoms with van der Waals surface area (Å²) >= 11 is 0. The average Bonchev–Trinajstić information content (AvgIpc) is 2.37. The normalized spacial score (nSPS) is 16.3. The highest BCUT2D eigenvalue weighted by atomic mass is 32.2. The van der Waals surface area contributed by atoms with Crippen LogP contribution in [0, 0.1) is 0 Å². The van der Waals surface area contributed by atoms with E-state index in [9.17, 15) is 13.2 Å². The minimum absolute atomic E-state index is 0.0600. The Hall–Kier alpha value is -1.60. The first-order valence-corrected chi connectivity index (χ1v) is 7.39. The molecule has 2 N–H and O–H groups in total. The van der Waals surface area contributed by atoms with Crippen LogP contribution in [-0.4, -0.2) is 32.1 Å². The maximum Gasteiger partial charge on any atom is 0.321 e. The molecule has 0 amide bonds. The highest BCUT2D eigenvalue weighted by Crippen LogP contribution is 2.27. The molecule has 1 aliphatic heterocycles. The zero-order chi connectivity index (χ0) is 14.0. The van der Waals surface area contributed by atoms with Gasteiger partial charge in [-0.05, 0) is 43.5 Å². The second-order valence-electron chi connectivity index (χ2n) is 4.40. The van der Waals surface area contributed by atoms with Crippen LogP contribution in [0.2, 0.25) is 0 Å².